The third kappa shape index (κ3) is 10.0. The van der Waals surface area contributed by atoms with Crippen LogP contribution in [0, 0.1) is 17.2 Å². The Hall–Kier alpha value is -4.37. The van der Waals surface area contributed by atoms with Gasteiger partial charge in [-0.05, 0) is 91.6 Å². The number of hydrogen-bond donors (Lipinski definition) is 2. The van der Waals surface area contributed by atoms with E-state index in [4.69, 9.17) is 5.73 Å². The van der Waals surface area contributed by atoms with Crippen molar-refractivity contribution in [3.05, 3.63) is 122 Å². The van der Waals surface area contributed by atoms with Crippen LogP contribution in [0.2, 0.25) is 0 Å². The lowest BCUT2D eigenvalue weighted by atomic mass is 10.0. The summed E-state index contributed by atoms with van der Waals surface area (Å²) in [5.41, 5.74) is 12.5. The highest BCUT2D eigenvalue weighted by atomic mass is 32.2. The van der Waals surface area contributed by atoms with Crippen molar-refractivity contribution in [2.24, 2.45) is 11.7 Å². The number of aryl methyl sites for hydroxylation is 1. The predicted octanol–water partition coefficient (Wildman–Crippen LogP) is 15.6. The molecule has 7 rings (SSSR count). The van der Waals surface area contributed by atoms with E-state index in [1.165, 1.54) is 105 Å². The highest BCUT2D eigenvalue weighted by molar-refractivity contribution is 8.07. The number of thiophene rings is 4. The SMILES string of the molecule is CCCCCCC(/C=C(\SC)c1cc2sc3cc(CC(C#N)C(=O)O)sc3c2s1)=C\c1cc(CCCCCC)c(C/C=C\C(=C/N)n2c3ccccc3c3ccccc32)s1. The zero-order chi connectivity index (χ0) is 42.0. The van der Waals surface area contributed by atoms with Crippen molar-refractivity contribution < 1.29 is 9.90 Å². The van der Waals surface area contributed by atoms with Crippen molar-refractivity contribution in [1.29, 1.82) is 5.26 Å². The average Bonchev–Trinajstić information content (AvgIpc) is 4.07. The number of hydrogen-bond acceptors (Lipinski definition) is 8. The summed E-state index contributed by atoms with van der Waals surface area (Å²) in [6.07, 6.45) is 26.3. The fourth-order valence-electron chi connectivity index (χ4n) is 7.90. The number of aliphatic carboxylic acids is 1. The number of allylic oxidation sites excluding steroid dienone is 5. The van der Waals surface area contributed by atoms with Crippen LogP contribution in [-0.4, -0.2) is 21.9 Å². The quantitative estimate of drug-likeness (QED) is 0.0554. The zero-order valence-corrected chi connectivity index (χ0v) is 38.8. The van der Waals surface area contributed by atoms with Crippen LogP contribution < -0.4 is 5.73 Å². The van der Waals surface area contributed by atoms with E-state index in [0.29, 0.717) is 0 Å². The van der Waals surface area contributed by atoms with E-state index in [2.05, 4.69) is 116 Å². The molecule has 0 radical (unpaired) electrons. The van der Waals surface area contributed by atoms with Gasteiger partial charge in [0.05, 0.1) is 32.2 Å². The Bertz CT molecular complexity index is 2710. The molecule has 0 aliphatic carbocycles. The standard InChI is InChI=1S/C50H53N3O2S5/c1-4-6-8-10-17-33(26-44(56-3)45-30-47-49(60-45)48-46(59-47)29-38(58-48)28-35(31-51)50(54)55)25-37-27-34(18-11-9-7-5-2)43(57-37)24-16-19-36(32-52)53-41-22-14-12-20-39(41)40-21-13-15-23-42(40)53/h12-16,19-23,25-27,29-30,32,35H,4-11,17-18,24,28,52H2,1-3H3,(H,54,55)/b19-16-,33-25+,36-32+,44-26-. The van der Waals surface area contributed by atoms with Crippen molar-refractivity contribution in [2.75, 3.05) is 6.26 Å². The van der Waals surface area contributed by atoms with E-state index >= 15 is 0 Å². The third-order valence-electron chi connectivity index (χ3n) is 11.0. The monoisotopic (exact) mass is 887 g/mol. The maximum atomic E-state index is 11.5. The molecule has 1 unspecified atom stereocenters. The Morgan fingerprint density at radius 3 is 2.23 bits per heavy atom. The Balaban J connectivity index is 1.18. The zero-order valence-electron chi connectivity index (χ0n) is 34.7. The van der Waals surface area contributed by atoms with Crippen molar-refractivity contribution in [3.63, 3.8) is 0 Å². The van der Waals surface area contributed by atoms with E-state index in [1.54, 1.807) is 40.6 Å². The lowest BCUT2D eigenvalue weighted by Gasteiger charge is -2.08. The Morgan fingerprint density at radius 1 is 0.883 bits per heavy atom. The number of carbonyl (C=O) groups is 1. The second-order valence-electron chi connectivity index (χ2n) is 15.3. The van der Waals surface area contributed by atoms with Gasteiger partial charge in [-0.3, -0.25) is 4.79 Å². The van der Waals surface area contributed by atoms with E-state index in [-0.39, 0.29) is 6.42 Å². The number of para-hydroxylation sites is 2. The van der Waals surface area contributed by atoms with Gasteiger partial charge >= 0.3 is 5.97 Å². The summed E-state index contributed by atoms with van der Waals surface area (Å²) in [6.45, 7) is 4.54. The Kier molecular flexibility index (Phi) is 15.3. The molecule has 0 fully saturated rings. The van der Waals surface area contributed by atoms with Gasteiger partial charge in [-0.1, -0.05) is 94.8 Å². The number of nitrogens with zero attached hydrogens (tertiary/aromatic N) is 2. The van der Waals surface area contributed by atoms with E-state index in [9.17, 15) is 15.2 Å². The summed E-state index contributed by atoms with van der Waals surface area (Å²) in [5.74, 6) is -2.08. The maximum absolute atomic E-state index is 11.5. The van der Waals surface area contributed by atoms with Gasteiger partial charge in [0.2, 0.25) is 0 Å². The first-order valence-corrected chi connectivity index (χ1v) is 25.6. The summed E-state index contributed by atoms with van der Waals surface area (Å²) in [7, 11) is 0. The molecule has 7 aromatic rings. The van der Waals surface area contributed by atoms with Crippen molar-refractivity contribution >= 4 is 120 Å². The Morgan fingerprint density at radius 2 is 1.57 bits per heavy atom. The first kappa shape index (κ1) is 43.7. The number of carboxylic acid groups (broad SMARTS) is 1. The lowest BCUT2D eigenvalue weighted by Crippen LogP contribution is -2.13. The molecule has 10 heteroatoms. The molecule has 0 aliphatic rings. The topological polar surface area (TPSA) is 92.0 Å². The second kappa shape index (κ2) is 20.9. The van der Waals surface area contributed by atoms with Crippen molar-refractivity contribution in [1.82, 2.24) is 4.57 Å². The van der Waals surface area contributed by atoms with Crippen LogP contribution in [0.1, 0.15) is 96.7 Å². The molecule has 5 heterocycles. The van der Waals surface area contributed by atoms with Crippen LogP contribution in [0.5, 0.6) is 0 Å². The van der Waals surface area contributed by atoms with Crippen LogP contribution in [0.15, 0.2) is 96.7 Å². The number of thioether (sulfide) groups is 1. The minimum atomic E-state index is -1.06. The smallest absolute Gasteiger partial charge is 0.321 e. The molecule has 0 saturated carbocycles. The third-order valence-corrected chi connectivity index (χ3v) is 16.9. The van der Waals surface area contributed by atoms with Gasteiger partial charge in [0.25, 0.3) is 0 Å². The lowest BCUT2D eigenvalue weighted by molar-refractivity contribution is -0.139. The number of nitriles is 1. The largest absolute Gasteiger partial charge is 0.480 e. The molecular weight excluding hydrogens is 835 g/mol. The van der Waals surface area contributed by atoms with Gasteiger partial charge in [-0.15, -0.1) is 57.1 Å². The summed E-state index contributed by atoms with van der Waals surface area (Å²) in [5, 5.41) is 21.3. The molecule has 0 aliphatic heterocycles. The fourth-order valence-corrected chi connectivity index (χ4v) is 14.0. The summed E-state index contributed by atoms with van der Waals surface area (Å²) >= 11 is 8.96. The first-order chi connectivity index (χ1) is 29.3. The number of carboxylic acids is 1. The van der Waals surface area contributed by atoms with Gasteiger partial charge in [0, 0.05) is 63.6 Å². The minimum Gasteiger partial charge on any atom is -0.480 e. The Labute approximate surface area is 374 Å². The minimum absolute atomic E-state index is 0.245. The average molecular weight is 888 g/mol. The molecule has 1 atom stereocenters. The van der Waals surface area contributed by atoms with Crippen LogP contribution in [0.4, 0.5) is 0 Å². The molecule has 5 aromatic heterocycles. The number of rotatable bonds is 21. The van der Waals surface area contributed by atoms with Crippen LogP contribution in [0.3, 0.4) is 0 Å². The molecule has 0 spiro atoms. The number of nitrogens with two attached hydrogens (primary N) is 1. The number of benzene rings is 2. The van der Waals surface area contributed by atoms with Gasteiger partial charge in [0.1, 0.15) is 5.92 Å². The summed E-state index contributed by atoms with van der Waals surface area (Å²) in [4.78, 5) is 17.8. The molecule has 3 N–H and O–H groups in total. The first-order valence-electron chi connectivity index (χ1n) is 21.1. The van der Waals surface area contributed by atoms with Crippen molar-refractivity contribution in [3.8, 4) is 6.07 Å². The highest BCUT2D eigenvalue weighted by Crippen LogP contribution is 2.47. The van der Waals surface area contributed by atoms with Gasteiger partial charge < -0.3 is 15.4 Å². The number of aromatic nitrogens is 1. The van der Waals surface area contributed by atoms with Crippen LogP contribution in [-0.2, 0) is 24.1 Å². The molecule has 60 heavy (non-hydrogen) atoms. The fraction of sp³-hybridized carbons (Fsp3) is 0.320. The molecular formula is C50H53N3O2S5. The molecule has 2 aromatic carbocycles. The van der Waals surface area contributed by atoms with Crippen LogP contribution in [0.25, 0.3) is 57.3 Å². The molecule has 0 saturated heterocycles. The van der Waals surface area contributed by atoms with E-state index in [1.807, 2.05) is 28.7 Å². The normalized spacial score (nSPS) is 13.5. The van der Waals surface area contributed by atoms with Gasteiger partial charge in [0.15, 0.2) is 0 Å². The number of unbranched alkanes of at least 4 members (excludes halogenated alkanes) is 6. The summed E-state index contributed by atoms with van der Waals surface area (Å²) < 4.78 is 7.18. The van der Waals surface area contributed by atoms with Gasteiger partial charge in [-0.2, -0.15) is 5.26 Å². The molecule has 310 valence electrons. The highest BCUT2D eigenvalue weighted by Gasteiger charge is 2.21. The predicted molar refractivity (Wildman–Crippen MR) is 267 cm³/mol. The second-order valence-corrected chi connectivity index (χ2v) is 20.5. The van der Waals surface area contributed by atoms with Gasteiger partial charge in [-0.25, -0.2) is 0 Å². The molecule has 0 bridgehead atoms. The van der Waals surface area contributed by atoms with E-state index in [0.717, 1.165) is 47.3 Å². The maximum Gasteiger partial charge on any atom is 0.321 e. The van der Waals surface area contributed by atoms with Crippen LogP contribution >= 0.6 is 57.1 Å². The molecule has 0 amide bonds. The van der Waals surface area contributed by atoms with E-state index < -0.39 is 11.9 Å². The molecule has 5 nitrogen and oxygen atoms in total. The number of fused-ring (bicyclic) bond motifs is 6. The van der Waals surface area contributed by atoms with Crippen molar-refractivity contribution in [2.45, 2.75) is 90.9 Å². The summed E-state index contributed by atoms with van der Waals surface area (Å²) in [6, 6.07) is 25.9.